The highest BCUT2D eigenvalue weighted by atomic mass is 32.2. The second-order valence-electron chi connectivity index (χ2n) is 8.40. The molecule has 0 aromatic carbocycles. The lowest BCUT2D eigenvalue weighted by molar-refractivity contribution is -0.151. The van der Waals surface area contributed by atoms with Crippen LogP contribution in [0.15, 0.2) is 23.8 Å². The first kappa shape index (κ1) is 16.5. The SMILES string of the molecule is O=C(SCF)C12ONCC1CC1C3CCC4=CCC=CC4C3CCC12. The van der Waals surface area contributed by atoms with E-state index in [9.17, 15) is 9.18 Å². The number of thioether (sulfide) groups is 1. The van der Waals surface area contributed by atoms with Crippen molar-refractivity contribution in [2.75, 3.05) is 12.6 Å². The fourth-order valence-electron chi connectivity index (χ4n) is 6.87. The van der Waals surface area contributed by atoms with Gasteiger partial charge in [0.1, 0.15) is 6.01 Å². The Labute approximate surface area is 152 Å². The molecule has 1 aliphatic heterocycles. The van der Waals surface area contributed by atoms with Crippen LogP contribution in [0.25, 0.3) is 0 Å². The summed E-state index contributed by atoms with van der Waals surface area (Å²) in [5.74, 6) is 3.08. The van der Waals surface area contributed by atoms with Gasteiger partial charge in [-0.25, -0.2) is 9.87 Å². The van der Waals surface area contributed by atoms with E-state index in [0.29, 0.717) is 17.8 Å². The predicted octanol–water partition coefficient (Wildman–Crippen LogP) is 4.02. The second kappa shape index (κ2) is 6.21. The van der Waals surface area contributed by atoms with Crippen molar-refractivity contribution in [1.29, 1.82) is 0 Å². The lowest BCUT2D eigenvalue weighted by Crippen LogP contribution is -2.50. The van der Waals surface area contributed by atoms with E-state index in [0.717, 1.165) is 43.5 Å². The number of fused-ring (bicyclic) bond motifs is 7. The summed E-state index contributed by atoms with van der Waals surface area (Å²) in [7, 11) is 0. The number of hydrogen-bond acceptors (Lipinski definition) is 4. The van der Waals surface area contributed by atoms with Gasteiger partial charge in [0, 0.05) is 24.3 Å². The van der Waals surface area contributed by atoms with E-state index >= 15 is 0 Å². The third-order valence-corrected chi connectivity index (χ3v) is 8.42. The number of nitrogens with one attached hydrogen (secondary N) is 1. The normalized spacial score (nSPS) is 47.5. The standard InChI is InChI=1S/C20H26FNO2S/c21-11-25-19(23)20-13(10-22-24-20)9-17-16-6-5-12-3-1-2-4-14(12)15(16)7-8-18(17)20/h2-4,13-18,22H,1,5-11H2. The summed E-state index contributed by atoms with van der Waals surface area (Å²) in [4.78, 5) is 18.8. The Balaban J connectivity index is 1.45. The minimum absolute atomic E-state index is 0.0788. The van der Waals surface area contributed by atoms with Crippen LogP contribution in [0.1, 0.15) is 38.5 Å². The van der Waals surface area contributed by atoms with Crippen LogP contribution in [0.5, 0.6) is 0 Å². The van der Waals surface area contributed by atoms with E-state index in [1.807, 2.05) is 0 Å². The summed E-state index contributed by atoms with van der Waals surface area (Å²) in [6.45, 7) is 0.734. The van der Waals surface area contributed by atoms with Crippen LogP contribution in [0.3, 0.4) is 0 Å². The smallest absolute Gasteiger partial charge is 0.226 e. The molecule has 0 spiro atoms. The average molecular weight is 363 g/mol. The predicted molar refractivity (Wildman–Crippen MR) is 96.3 cm³/mol. The molecule has 5 rings (SSSR count). The number of carbonyl (C=O) groups excluding carboxylic acids is 1. The van der Waals surface area contributed by atoms with Crippen molar-refractivity contribution in [3.05, 3.63) is 23.8 Å². The van der Waals surface area contributed by atoms with E-state index in [4.69, 9.17) is 4.84 Å². The van der Waals surface area contributed by atoms with Crippen molar-refractivity contribution in [2.24, 2.45) is 35.5 Å². The molecule has 0 amide bonds. The first-order valence-corrected chi connectivity index (χ1v) is 10.7. The number of halogens is 1. The fourth-order valence-corrected chi connectivity index (χ4v) is 7.55. The van der Waals surface area contributed by atoms with Crippen molar-refractivity contribution >= 4 is 16.9 Å². The van der Waals surface area contributed by atoms with Gasteiger partial charge in [0.25, 0.3) is 0 Å². The molecule has 1 saturated heterocycles. The molecule has 7 unspecified atom stereocenters. The lowest BCUT2D eigenvalue weighted by atomic mass is 9.56. The molecular formula is C20H26FNO2S. The van der Waals surface area contributed by atoms with Crippen molar-refractivity contribution in [3.63, 3.8) is 0 Å². The molecule has 7 atom stereocenters. The number of allylic oxidation sites excluding steroid dienone is 4. The summed E-state index contributed by atoms with van der Waals surface area (Å²) >= 11 is 0.808. The largest absolute Gasteiger partial charge is 0.286 e. The number of hydroxylamine groups is 1. The Kier molecular flexibility index (Phi) is 4.10. The fraction of sp³-hybridized carbons (Fsp3) is 0.750. The molecule has 5 aliphatic rings. The van der Waals surface area contributed by atoms with Crippen molar-refractivity contribution < 1.29 is 14.0 Å². The molecule has 136 valence electrons. The highest BCUT2D eigenvalue weighted by Gasteiger charge is 2.66. The van der Waals surface area contributed by atoms with E-state index in [-0.39, 0.29) is 17.0 Å². The average Bonchev–Trinajstić information content (AvgIpc) is 3.19. The molecule has 3 saturated carbocycles. The Morgan fingerprint density at radius 2 is 2.24 bits per heavy atom. The van der Waals surface area contributed by atoms with Gasteiger partial charge >= 0.3 is 0 Å². The van der Waals surface area contributed by atoms with Crippen molar-refractivity contribution in [3.8, 4) is 0 Å². The van der Waals surface area contributed by atoms with Crippen LogP contribution in [-0.4, -0.2) is 23.3 Å². The minimum atomic E-state index is -0.773. The molecule has 0 aromatic heterocycles. The Bertz CT molecular complexity index is 635. The number of hydrogen-bond donors (Lipinski definition) is 1. The van der Waals surface area contributed by atoms with Crippen molar-refractivity contribution in [1.82, 2.24) is 5.48 Å². The van der Waals surface area contributed by atoms with E-state index in [2.05, 4.69) is 23.7 Å². The van der Waals surface area contributed by atoms with Gasteiger partial charge in [-0.3, -0.25) is 9.63 Å². The highest BCUT2D eigenvalue weighted by Crippen LogP contribution is 2.62. The topological polar surface area (TPSA) is 38.3 Å². The van der Waals surface area contributed by atoms with E-state index in [1.54, 1.807) is 5.57 Å². The molecule has 4 fully saturated rings. The van der Waals surface area contributed by atoms with Gasteiger partial charge in [-0.15, -0.1) is 0 Å². The van der Waals surface area contributed by atoms with E-state index < -0.39 is 11.6 Å². The zero-order chi connectivity index (χ0) is 17.0. The molecule has 5 heteroatoms. The van der Waals surface area contributed by atoms with Crippen LogP contribution in [-0.2, 0) is 9.63 Å². The summed E-state index contributed by atoms with van der Waals surface area (Å²) in [6, 6.07) is -0.652. The molecule has 1 N–H and O–H groups in total. The van der Waals surface area contributed by atoms with Gasteiger partial charge in [0.05, 0.1) is 0 Å². The van der Waals surface area contributed by atoms with Crippen molar-refractivity contribution in [2.45, 2.75) is 44.1 Å². The number of alkyl halides is 1. The Hall–Kier alpha value is -0.650. The monoisotopic (exact) mass is 363 g/mol. The molecule has 0 radical (unpaired) electrons. The number of carbonyl (C=O) groups is 1. The molecule has 3 nitrogen and oxygen atoms in total. The van der Waals surface area contributed by atoms with Crippen LogP contribution in [0, 0.1) is 35.5 Å². The third kappa shape index (κ3) is 2.28. The highest BCUT2D eigenvalue weighted by molar-refractivity contribution is 8.13. The Morgan fingerprint density at radius 1 is 1.32 bits per heavy atom. The maximum absolute atomic E-state index is 12.9. The quantitative estimate of drug-likeness (QED) is 0.752. The zero-order valence-corrected chi connectivity index (χ0v) is 15.3. The lowest BCUT2D eigenvalue weighted by Gasteiger charge is -2.49. The summed E-state index contributed by atoms with van der Waals surface area (Å²) < 4.78 is 12.9. The summed E-state index contributed by atoms with van der Waals surface area (Å²) in [5, 5.41) is -0.0788. The summed E-state index contributed by atoms with van der Waals surface area (Å²) in [5.41, 5.74) is 3.86. The van der Waals surface area contributed by atoms with Gasteiger partial charge < -0.3 is 0 Å². The maximum atomic E-state index is 12.9. The molecular weight excluding hydrogens is 337 g/mol. The third-order valence-electron chi connectivity index (χ3n) is 7.73. The maximum Gasteiger partial charge on any atom is 0.226 e. The molecule has 0 bridgehead atoms. The molecule has 25 heavy (non-hydrogen) atoms. The second-order valence-corrected chi connectivity index (χ2v) is 9.28. The van der Waals surface area contributed by atoms with E-state index in [1.165, 1.54) is 19.3 Å². The van der Waals surface area contributed by atoms with Gasteiger partial charge in [-0.1, -0.05) is 35.6 Å². The Morgan fingerprint density at radius 3 is 3.12 bits per heavy atom. The first-order valence-electron chi connectivity index (χ1n) is 9.75. The molecule has 4 aliphatic carbocycles. The minimum Gasteiger partial charge on any atom is -0.286 e. The van der Waals surface area contributed by atoms with Crippen LogP contribution < -0.4 is 5.48 Å². The van der Waals surface area contributed by atoms with Crippen LogP contribution >= 0.6 is 11.8 Å². The molecule has 1 heterocycles. The van der Waals surface area contributed by atoms with Crippen LogP contribution in [0.2, 0.25) is 0 Å². The zero-order valence-electron chi connectivity index (χ0n) is 14.5. The van der Waals surface area contributed by atoms with Gasteiger partial charge in [0.15, 0.2) is 5.60 Å². The van der Waals surface area contributed by atoms with Gasteiger partial charge in [0.2, 0.25) is 5.12 Å². The van der Waals surface area contributed by atoms with Gasteiger partial charge in [-0.2, -0.15) is 0 Å². The number of rotatable bonds is 2. The van der Waals surface area contributed by atoms with Crippen LogP contribution in [0.4, 0.5) is 4.39 Å². The molecule has 0 aromatic rings. The van der Waals surface area contributed by atoms with Gasteiger partial charge in [-0.05, 0) is 56.3 Å². The summed E-state index contributed by atoms with van der Waals surface area (Å²) in [6.07, 6.45) is 14.0. The first-order chi connectivity index (χ1) is 12.3.